The fraction of sp³-hybridized carbons (Fsp3) is 0.538. The standard InChI is InChI=1S/C13H22N2O2/c1-9-4-5-12(17-3)10(8-9)13(16)11(14)6-7-15-2/h4-5,8,11,13,15-16H,6-7,14H2,1-3H3. The van der Waals surface area contributed by atoms with Gasteiger partial charge in [0.1, 0.15) is 5.75 Å². The molecule has 0 amide bonds. The van der Waals surface area contributed by atoms with E-state index in [1.165, 1.54) is 0 Å². The van der Waals surface area contributed by atoms with Crippen LogP contribution in [-0.2, 0) is 0 Å². The Morgan fingerprint density at radius 1 is 1.47 bits per heavy atom. The molecule has 4 N–H and O–H groups in total. The van der Waals surface area contributed by atoms with Gasteiger partial charge in [-0.2, -0.15) is 0 Å². The van der Waals surface area contributed by atoms with Crippen molar-refractivity contribution in [3.05, 3.63) is 29.3 Å². The quantitative estimate of drug-likeness (QED) is 0.691. The summed E-state index contributed by atoms with van der Waals surface area (Å²) in [5.74, 6) is 0.683. The van der Waals surface area contributed by atoms with Crippen LogP contribution in [0.25, 0.3) is 0 Å². The van der Waals surface area contributed by atoms with Gasteiger partial charge in [-0.3, -0.25) is 0 Å². The second-order valence-corrected chi connectivity index (χ2v) is 4.25. The summed E-state index contributed by atoms with van der Waals surface area (Å²) in [7, 11) is 3.46. The van der Waals surface area contributed by atoms with E-state index in [9.17, 15) is 5.11 Å². The summed E-state index contributed by atoms with van der Waals surface area (Å²) in [5, 5.41) is 13.2. The molecule has 2 atom stereocenters. The van der Waals surface area contributed by atoms with Gasteiger partial charge in [0, 0.05) is 11.6 Å². The molecule has 1 aromatic carbocycles. The molecule has 0 saturated carbocycles. The van der Waals surface area contributed by atoms with Crippen LogP contribution in [0.5, 0.6) is 5.75 Å². The highest BCUT2D eigenvalue weighted by atomic mass is 16.5. The predicted molar refractivity (Wildman–Crippen MR) is 69.2 cm³/mol. The van der Waals surface area contributed by atoms with Crippen LogP contribution in [0.15, 0.2) is 18.2 Å². The van der Waals surface area contributed by atoms with E-state index >= 15 is 0 Å². The molecule has 0 fully saturated rings. The van der Waals surface area contributed by atoms with Gasteiger partial charge >= 0.3 is 0 Å². The molecule has 0 bridgehead atoms. The maximum atomic E-state index is 10.2. The van der Waals surface area contributed by atoms with E-state index in [1.807, 2.05) is 32.2 Å². The highest BCUT2D eigenvalue weighted by Crippen LogP contribution is 2.28. The fourth-order valence-corrected chi connectivity index (χ4v) is 1.78. The minimum absolute atomic E-state index is 0.293. The SMILES string of the molecule is CNCCC(N)C(O)c1cc(C)ccc1OC. The molecule has 96 valence electrons. The molecule has 0 aliphatic heterocycles. The Kier molecular flexibility index (Phi) is 5.41. The predicted octanol–water partition coefficient (Wildman–Crippen LogP) is 0.974. The van der Waals surface area contributed by atoms with Crippen molar-refractivity contribution in [2.24, 2.45) is 5.73 Å². The summed E-state index contributed by atoms with van der Waals surface area (Å²) in [5.41, 5.74) is 7.81. The summed E-state index contributed by atoms with van der Waals surface area (Å²) < 4.78 is 5.24. The molecule has 0 spiro atoms. The van der Waals surface area contributed by atoms with Gasteiger partial charge in [0.25, 0.3) is 0 Å². The van der Waals surface area contributed by atoms with Crippen molar-refractivity contribution in [1.82, 2.24) is 5.32 Å². The molecule has 1 rings (SSSR count). The Labute approximate surface area is 103 Å². The van der Waals surface area contributed by atoms with E-state index < -0.39 is 6.10 Å². The minimum atomic E-state index is -0.696. The van der Waals surface area contributed by atoms with Crippen LogP contribution in [-0.4, -0.2) is 31.9 Å². The molecule has 0 aliphatic carbocycles. The van der Waals surface area contributed by atoms with E-state index in [2.05, 4.69) is 5.32 Å². The Balaban J connectivity index is 2.86. The van der Waals surface area contributed by atoms with Crippen LogP contribution in [0.4, 0.5) is 0 Å². The van der Waals surface area contributed by atoms with Crippen LogP contribution >= 0.6 is 0 Å². The third-order valence-electron chi connectivity index (χ3n) is 2.84. The lowest BCUT2D eigenvalue weighted by atomic mass is 9.98. The van der Waals surface area contributed by atoms with Crippen molar-refractivity contribution in [2.45, 2.75) is 25.5 Å². The number of ether oxygens (including phenoxy) is 1. The van der Waals surface area contributed by atoms with Crippen molar-refractivity contribution >= 4 is 0 Å². The number of hydrogen-bond acceptors (Lipinski definition) is 4. The number of hydrogen-bond donors (Lipinski definition) is 3. The molecular formula is C13H22N2O2. The molecular weight excluding hydrogens is 216 g/mol. The highest BCUT2D eigenvalue weighted by molar-refractivity contribution is 5.39. The van der Waals surface area contributed by atoms with E-state index in [-0.39, 0.29) is 6.04 Å². The van der Waals surface area contributed by atoms with Crippen molar-refractivity contribution in [1.29, 1.82) is 0 Å². The Morgan fingerprint density at radius 2 is 2.18 bits per heavy atom. The average Bonchev–Trinajstić information content (AvgIpc) is 2.34. The molecule has 0 heterocycles. The highest BCUT2D eigenvalue weighted by Gasteiger charge is 2.20. The van der Waals surface area contributed by atoms with Crippen LogP contribution < -0.4 is 15.8 Å². The van der Waals surface area contributed by atoms with Crippen molar-refractivity contribution in [3.63, 3.8) is 0 Å². The summed E-state index contributed by atoms with van der Waals surface area (Å²) in [6, 6.07) is 5.44. The largest absolute Gasteiger partial charge is 0.496 e. The Bertz CT molecular complexity index is 355. The number of aliphatic hydroxyl groups excluding tert-OH is 1. The van der Waals surface area contributed by atoms with Crippen LogP contribution in [0.2, 0.25) is 0 Å². The Morgan fingerprint density at radius 3 is 2.76 bits per heavy atom. The fourth-order valence-electron chi connectivity index (χ4n) is 1.78. The normalized spacial score (nSPS) is 14.4. The lowest BCUT2D eigenvalue weighted by Gasteiger charge is -2.21. The van der Waals surface area contributed by atoms with Gasteiger partial charge in [0.05, 0.1) is 13.2 Å². The molecule has 4 heteroatoms. The first-order valence-corrected chi connectivity index (χ1v) is 5.83. The first-order valence-electron chi connectivity index (χ1n) is 5.83. The number of nitrogens with one attached hydrogen (secondary N) is 1. The summed E-state index contributed by atoms with van der Waals surface area (Å²) in [6.45, 7) is 2.77. The molecule has 2 unspecified atom stereocenters. The summed E-state index contributed by atoms with van der Waals surface area (Å²) in [4.78, 5) is 0. The van der Waals surface area contributed by atoms with Gasteiger partial charge in [0.15, 0.2) is 0 Å². The summed E-state index contributed by atoms with van der Waals surface area (Å²) >= 11 is 0. The topological polar surface area (TPSA) is 67.5 Å². The first-order chi connectivity index (χ1) is 8.10. The number of benzene rings is 1. The lowest BCUT2D eigenvalue weighted by Crippen LogP contribution is -2.31. The van der Waals surface area contributed by atoms with Gasteiger partial charge in [0.2, 0.25) is 0 Å². The maximum absolute atomic E-state index is 10.2. The molecule has 0 aliphatic rings. The molecule has 0 radical (unpaired) electrons. The molecule has 0 aromatic heterocycles. The van der Waals surface area contributed by atoms with Crippen molar-refractivity contribution < 1.29 is 9.84 Å². The van der Waals surface area contributed by atoms with E-state index in [1.54, 1.807) is 7.11 Å². The third kappa shape index (κ3) is 3.70. The zero-order valence-electron chi connectivity index (χ0n) is 10.7. The van der Waals surface area contributed by atoms with Gasteiger partial charge in [-0.25, -0.2) is 0 Å². The van der Waals surface area contributed by atoms with E-state index in [0.29, 0.717) is 5.75 Å². The molecule has 17 heavy (non-hydrogen) atoms. The number of nitrogens with two attached hydrogens (primary N) is 1. The molecule has 1 aromatic rings. The van der Waals surface area contributed by atoms with Crippen LogP contribution in [0, 0.1) is 6.92 Å². The van der Waals surface area contributed by atoms with Crippen LogP contribution in [0.1, 0.15) is 23.7 Å². The van der Waals surface area contributed by atoms with Crippen LogP contribution in [0.3, 0.4) is 0 Å². The second-order valence-electron chi connectivity index (χ2n) is 4.25. The number of aryl methyl sites for hydroxylation is 1. The first kappa shape index (κ1) is 14.0. The lowest BCUT2D eigenvalue weighted by molar-refractivity contribution is 0.139. The molecule has 4 nitrogen and oxygen atoms in total. The zero-order valence-corrected chi connectivity index (χ0v) is 10.7. The summed E-state index contributed by atoms with van der Waals surface area (Å²) in [6.07, 6.45) is 0.0209. The van der Waals surface area contributed by atoms with Gasteiger partial charge in [-0.1, -0.05) is 11.6 Å². The molecule has 0 saturated heterocycles. The number of rotatable bonds is 6. The number of methoxy groups -OCH3 is 1. The van der Waals surface area contributed by atoms with Gasteiger partial charge < -0.3 is 20.9 Å². The smallest absolute Gasteiger partial charge is 0.124 e. The van der Waals surface area contributed by atoms with Crippen molar-refractivity contribution in [2.75, 3.05) is 20.7 Å². The van der Waals surface area contributed by atoms with E-state index in [4.69, 9.17) is 10.5 Å². The zero-order chi connectivity index (χ0) is 12.8. The average molecular weight is 238 g/mol. The van der Waals surface area contributed by atoms with Crippen molar-refractivity contribution in [3.8, 4) is 5.75 Å². The minimum Gasteiger partial charge on any atom is -0.496 e. The Hall–Kier alpha value is -1.10. The second kappa shape index (κ2) is 6.59. The van der Waals surface area contributed by atoms with E-state index in [0.717, 1.165) is 24.1 Å². The third-order valence-corrected chi connectivity index (χ3v) is 2.84. The maximum Gasteiger partial charge on any atom is 0.124 e. The monoisotopic (exact) mass is 238 g/mol. The van der Waals surface area contributed by atoms with Gasteiger partial charge in [-0.05, 0) is 39.1 Å². The number of aliphatic hydroxyl groups is 1. The van der Waals surface area contributed by atoms with Gasteiger partial charge in [-0.15, -0.1) is 0 Å².